The summed E-state index contributed by atoms with van der Waals surface area (Å²) in [5.41, 5.74) is 5.61. The molecule has 244 valence electrons. The average Bonchev–Trinajstić information content (AvgIpc) is 3.75. The number of alkyl halides is 1. The van der Waals surface area contributed by atoms with E-state index in [0.29, 0.717) is 0 Å². The lowest BCUT2D eigenvalue weighted by Gasteiger charge is -2.26. The van der Waals surface area contributed by atoms with Crippen LogP contribution >= 0.6 is 15.3 Å². The molecule has 46 heavy (non-hydrogen) atoms. The maximum absolute atomic E-state index is 16.0. The van der Waals surface area contributed by atoms with Gasteiger partial charge in [0.25, 0.3) is 13.0 Å². The zero-order valence-electron chi connectivity index (χ0n) is 23.9. The molecule has 0 saturated carbocycles. The van der Waals surface area contributed by atoms with Crippen LogP contribution in [0, 0.1) is 6.92 Å². The highest BCUT2D eigenvalue weighted by atomic mass is 31.2. The predicted molar refractivity (Wildman–Crippen MR) is 151 cm³/mol. The lowest BCUT2D eigenvalue weighted by molar-refractivity contribution is -0.0630. The number of anilines is 1. The Labute approximate surface area is 258 Å². The SMILES string of the molecule is [B][P@]1(=O)OCC2OC(n3cnc4c(=O)[nH]c(C)nc43)C(OP(=O)(O)OCC3OC(n4cnc5c(N)ncnc54)C(F)C3O1)C2OC. The molecule has 10 atom stereocenters. The minimum Gasteiger partial charge on any atom is -0.382 e. The Morgan fingerprint density at radius 1 is 1.02 bits per heavy atom. The first-order valence-electron chi connectivity index (χ1n) is 13.6. The van der Waals surface area contributed by atoms with E-state index in [-0.39, 0.29) is 34.0 Å². The first kappa shape index (κ1) is 31.4. The van der Waals surface area contributed by atoms with Gasteiger partial charge in [-0.2, -0.15) is 0 Å². The van der Waals surface area contributed by atoms with E-state index in [4.69, 9.17) is 45.6 Å². The van der Waals surface area contributed by atoms with Crippen LogP contribution in [0.5, 0.6) is 0 Å². The first-order chi connectivity index (χ1) is 21.9. The number of phosphoric acid groups is 1. The lowest BCUT2D eigenvalue weighted by atomic mass is 10.1. The number of aryl methyl sites for hydroxylation is 1. The number of aromatic nitrogens is 8. The van der Waals surface area contributed by atoms with Crippen LogP contribution in [0.3, 0.4) is 0 Å². The van der Waals surface area contributed by atoms with Gasteiger partial charge < -0.3 is 38.9 Å². The van der Waals surface area contributed by atoms with Crippen LogP contribution in [0.1, 0.15) is 18.3 Å². The Morgan fingerprint density at radius 2 is 1.72 bits per heavy atom. The largest absolute Gasteiger partial charge is 0.472 e. The van der Waals surface area contributed by atoms with Gasteiger partial charge in [-0.05, 0) is 6.92 Å². The molecule has 0 spiro atoms. The van der Waals surface area contributed by atoms with E-state index < -0.39 is 83.2 Å². The van der Waals surface area contributed by atoms with Gasteiger partial charge in [0.05, 0.1) is 25.9 Å². The molecule has 24 heteroatoms. The minimum atomic E-state index is -5.03. The van der Waals surface area contributed by atoms with E-state index in [9.17, 15) is 18.8 Å². The molecule has 2 radical (unpaired) electrons. The number of nitrogens with two attached hydrogens (primary N) is 1. The maximum Gasteiger partial charge on any atom is 0.472 e. The standard InChI is InChI=1S/C22H25BFN9O11P2/c1-8-30-19-13(20(34)31-8)29-7-33(19)22-16-15(38-2)10(42-22)3-39-45(23,35)43-14-9(4-40-46(36,37)44-16)41-21(11(14)24)32-6-28-12-17(25)26-5-27-18(12)32/h5-7,9-11,14-16,21-22H,3-4H2,1-2H3,(H,36,37)(H2,25,26,27)(H,30,31,34)/t9?,10?,11?,14?,15?,16?,21?,22?,45-/m0/s1. The fourth-order valence-corrected chi connectivity index (χ4v) is 7.58. The van der Waals surface area contributed by atoms with Crippen molar-refractivity contribution in [3.63, 3.8) is 0 Å². The smallest absolute Gasteiger partial charge is 0.382 e. The summed E-state index contributed by atoms with van der Waals surface area (Å²) in [5.74, 6) is 0.288. The second-order valence-electron chi connectivity index (χ2n) is 10.6. The van der Waals surface area contributed by atoms with Gasteiger partial charge in [-0.3, -0.25) is 27.5 Å². The molecular weight excluding hydrogens is 658 g/mol. The summed E-state index contributed by atoms with van der Waals surface area (Å²) in [5, 5.41) is 0. The minimum absolute atomic E-state index is 0.0310. The van der Waals surface area contributed by atoms with Crippen LogP contribution in [0.4, 0.5) is 10.2 Å². The Morgan fingerprint density at radius 3 is 2.48 bits per heavy atom. The van der Waals surface area contributed by atoms with Gasteiger partial charge in [0, 0.05) is 7.11 Å². The van der Waals surface area contributed by atoms with Gasteiger partial charge in [-0.1, -0.05) is 0 Å². The topological polar surface area (TPSA) is 252 Å². The highest BCUT2D eigenvalue weighted by Gasteiger charge is 2.54. The van der Waals surface area contributed by atoms with Gasteiger partial charge in [0.15, 0.2) is 41.3 Å². The zero-order valence-corrected chi connectivity index (χ0v) is 25.6. The van der Waals surface area contributed by atoms with Crippen molar-refractivity contribution >= 4 is 51.0 Å². The summed E-state index contributed by atoms with van der Waals surface area (Å²) in [6, 6.07) is 0. The highest BCUT2D eigenvalue weighted by Crippen LogP contribution is 2.54. The van der Waals surface area contributed by atoms with Crippen molar-refractivity contribution in [1.82, 2.24) is 39.0 Å². The number of fused-ring (bicyclic) bond motifs is 5. The number of aromatic amines is 1. The molecular formula is C22H25BFN9O11P2. The predicted octanol–water partition coefficient (Wildman–Crippen LogP) is 0.192. The van der Waals surface area contributed by atoms with Crippen molar-refractivity contribution in [2.45, 2.75) is 56.1 Å². The van der Waals surface area contributed by atoms with Crippen molar-refractivity contribution in [2.24, 2.45) is 0 Å². The van der Waals surface area contributed by atoms with Crippen LogP contribution in [0.15, 0.2) is 23.8 Å². The molecule has 3 saturated heterocycles. The third-order valence-corrected chi connectivity index (χ3v) is 9.69. The molecule has 3 aliphatic rings. The zero-order chi connectivity index (χ0) is 32.5. The number of phosphoric ester groups is 1. The second kappa shape index (κ2) is 11.5. The molecule has 4 N–H and O–H groups in total. The normalized spacial score (nSPS) is 37.1. The van der Waals surface area contributed by atoms with Crippen molar-refractivity contribution in [3.8, 4) is 0 Å². The summed E-state index contributed by atoms with van der Waals surface area (Å²) in [6.45, 7) is 0.176. The molecule has 0 amide bonds. The molecule has 4 aromatic rings. The monoisotopic (exact) mass is 683 g/mol. The molecule has 4 aromatic heterocycles. The van der Waals surface area contributed by atoms with Crippen LogP contribution in [0.2, 0.25) is 0 Å². The quantitative estimate of drug-likeness (QED) is 0.192. The van der Waals surface area contributed by atoms with Gasteiger partial charge in [-0.15, -0.1) is 0 Å². The molecule has 20 nitrogen and oxygen atoms in total. The van der Waals surface area contributed by atoms with Crippen LogP contribution in [-0.4, -0.2) is 109 Å². The summed E-state index contributed by atoms with van der Waals surface area (Å²) >= 11 is 0. The van der Waals surface area contributed by atoms with Crippen LogP contribution in [0.25, 0.3) is 22.3 Å². The van der Waals surface area contributed by atoms with E-state index in [1.54, 1.807) is 6.92 Å². The molecule has 7 rings (SSSR count). The summed E-state index contributed by atoms with van der Waals surface area (Å²) < 4.78 is 84.4. The first-order valence-corrected chi connectivity index (χ1v) is 16.7. The number of nitrogen functional groups attached to an aromatic ring is 1. The van der Waals surface area contributed by atoms with Crippen molar-refractivity contribution < 1.29 is 50.7 Å². The van der Waals surface area contributed by atoms with Gasteiger partial charge in [-0.25, -0.2) is 33.9 Å². The summed E-state index contributed by atoms with van der Waals surface area (Å²) in [4.78, 5) is 46.2. The molecule has 2 bridgehead atoms. The molecule has 0 aromatic carbocycles. The molecule has 0 aliphatic carbocycles. The number of imidazole rings is 2. The summed E-state index contributed by atoms with van der Waals surface area (Å²) in [6.07, 6.45) is -8.25. The van der Waals surface area contributed by atoms with E-state index in [2.05, 4.69) is 29.9 Å². The third-order valence-electron chi connectivity index (χ3n) is 7.65. The molecule has 3 aliphatic heterocycles. The number of nitrogens with zero attached hydrogens (tertiary/aromatic N) is 7. The highest BCUT2D eigenvalue weighted by molar-refractivity contribution is 7.79. The summed E-state index contributed by atoms with van der Waals surface area (Å²) in [7, 11) is -2.45. The Balaban J connectivity index is 1.22. The van der Waals surface area contributed by atoms with Crippen molar-refractivity contribution in [1.29, 1.82) is 0 Å². The second-order valence-corrected chi connectivity index (χ2v) is 13.5. The number of hydrogen-bond acceptors (Lipinski definition) is 16. The van der Waals surface area contributed by atoms with Gasteiger partial charge >= 0.3 is 7.82 Å². The van der Waals surface area contributed by atoms with Gasteiger partial charge in [0.2, 0.25) is 7.57 Å². The number of nitrogens with one attached hydrogen (secondary N) is 1. The van der Waals surface area contributed by atoms with E-state index in [0.717, 1.165) is 6.33 Å². The van der Waals surface area contributed by atoms with Crippen LogP contribution < -0.4 is 11.3 Å². The average molecular weight is 683 g/mol. The van der Waals surface area contributed by atoms with E-state index in [1.165, 1.54) is 28.9 Å². The number of rotatable bonds is 3. The third kappa shape index (κ3) is 5.47. The molecule has 7 heterocycles. The Hall–Kier alpha value is -3.17. The number of hydrogen-bond donors (Lipinski definition) is 3. The Bertz CT molecular complexity index is 1960. The van der Waals surface area contributed by atoms with Crippen molar-refractivity contribution in [2.75, 3.05) is 26.1 Å². The van der Waals surface area contributed by atoms with E-state index >= 15 is 4.39 Å². The number of H-pyrrole nitrogens is 1. The molecule has 3 fully saturated rings. The van der Waals surface area contributed by atoms with Gasteiger partial charge in [0.1, 0.15) is 48.2 Å². The fourth-order valence-electron chi connectivity index (χ4n) is 5.65. The molecule has 9 unspecified atom stereocenters. The number of halogens is 1. The van der Waals surface area contributed by atoms with Crippen molar-refractivity contribution in [3.05, 3.63) is 35.2 Å². The number of ether oxygens (including phenoxy) is 3. The lowest BCUT2D eigenvalue weighted by Crippen LogP contribution is -2.37. The van der Waals surface area contributed by atoms with Crippen LogP contribution in [-0.2, 0) is 41.4 Å². The fraction of sp³-hybridized carbons (Fsp3) is 0.545. The van der Waals surface area contributed by atoms with E-state index in [1.807, 2.05) is 0 Å². The Kier molecular flexibility index (Phi) is 7.87. The maximum atomic E-state index is 16.0. The number of methoxy groups -OCH3 is 1.